The molecule has 0 aromatic heterocycles. The molecular formula is C8H12N2O2S. The van der Waals surface area contributed by atoms with E-state index in [1.807, 2.05) is 0 Å². The Balaban J connectivity index is 2.94. The van der Waals surface area contributed by atoms with Crippen LogP contribution in [0.1, 0.15) is 13.8 Å². The van der Waals surface area contributed by atoms with Crippen molar-refractivity contribution in [2.75, 3.05) is 6.54 Å². The fraction of sp³-hybridized carbons (Fsp3) is 0.500. The highest BCUT2D eigenvalue weighted by molar-refractivity contribution is 8.16. The second-order valence-corrected chi connectivity index (χ2v) is 4.79. The average molecular weight is 200 g/mol. The first kappa shape index (κ1) is 10.1. The van der Waals surface area contributed by atoms with Crippen molar-refractivity contribution in [1.29, 1.82) is 0 Å². The van der Waals surface area contributed by atoms with Gasteiger partial charge in [-0.05, 0) is 13.8 Å². The second kappa shape index (κ2) is 3.41. The molecule has 1 rings (SSSR count). The summed E-state index contributed by atoms with van der Waals surface area (Å²) in [5, 5.41) is 12.1. The van der Waals surface area contributed by atoms with Crippen molar-refractivity contribution in [2.45, 2.75) is 18.6 Å². The molecule has 1 N–H and O–H groups in total. The summed E-state index contributed by atoms with van der Waals surface area (Å²) >= 11 is 1.25. The van der Waals surface area contributed by atoms with Gasteiger partial charge in [-0.25, -0.2) is 0 Å². The van der Waals surface area contributed by atoms with E-state index in [-0.39, 0.29) is 5.91 Å². The molecule has 13 heavy (non-hydrogen) atoms. The van der Waals surface area contributed by atoms with E-state index in [4.69, 9.17) is 5.21 Å². The number of amides is 1. The first-order valence-corrected chi connectivity index (χ1v) is 4.68. The van der Waals surface area contributed by atoms with Gasteiger partial charge in [-0.1, -0.05) is 23.0 Å². The number of carbonyl (C=O) groups is 1. The van der Waals surface area contributed by atoms with Crippen LogP contribution in [0, 0.1) is 0 Å². The third-order valence-electron chi connectivity index (χ3n) is 1.73. The Kier molecular flexibility index (Phi) is 2.66. The number of nitrogens with zero attached hydrogens (tertiary/aromatic N) is 2. The van der Waals surface area contributed by atoms with E-state index in [1.54, 1.807) is 19.9 Å². The van der Waals surface area contributed by atoms with Crippen molar-refractivity contribution in [1.82, 2.24) is 4.90 Å². The summed E-state index contributed by atoms with van der Waals surface area (Å²) in [6, 6.07) is 0. The minimum Gasteiger partial charge on any atom is -0.409 e. The van der Waals surface area contributed by atoms with Gasteiger partial charge in [0, 0.05) is 6.54 Å². The maximum atomic E-state index is 11.7. The lowest BCUT2D eigenvalue weighted by molar-refractivity contribution is -0.128. The van der Waals surface area contributed by atoms with Crippen LogP contribution in [0.5, 0.6) is 0 Å². The summed E-state index contributed by atoms with van der Waals surface area (Å²) in [7, 11) is 0. The van der Waals surface area contributed by atoms with Gasteiger partial charge in [0.15, 0.2) is 0 Å². The van der Waals surface area contributed by atoms with Crippen LogP contribution in [0.2, 0.25) is 0 Å². The first-order valence-electron chi connectivity index (χ1n) is 3.87. The Morgan fingerprint density at radius 1 is 1.77 bits per heavy atom. The lowest BCUT2D eigenvalue weighted by Gasteiger charge is -2.14. The maximum Gasteiger partial charge on any atom is 0.245 e. The van der Waals surface area contributed by atoms with Crippen LogP contribution in [-0.4, -0.2) is 32.5 Å². The Hall–Kier alpha value is -0.970. The van der Waals surface area contributed by atoms with Crippen LogP contribution in [0.4, 0.5) is 0 Å². The fourth-order valence-corrected chi connectivity index (χ4v) is 2.07. The van der Waals surface area contributed by atoms with Gasteiger partial charge >= 0.3 is 0 Å². The molecule has 0 radical (unpaired) electrons. The van der Waals surface area contributed by atoms with Gasteiger partial charge in [-0.15, -0.1) is 6.58 Å². The molecule has 4 nitrogen and oxygen atoms in total. The van der Waals surface area contributed by atoms with Gasteiger partial charge < -0.3 is 5.21 Å². The smallest absolute Gasteiger partial charge is 0.245 e. The minimum atomic E-state index is -0.537. The molecular weight excluding hydrogens is 188 g/mol. The van der Waals surface area contributed by atoms with E-state index in [0.717, 1.165) is 0 Å². The monoisotopic (exact) mass is 200 g/mol. The van der Waals surface area contributed by atoms with Gasteiger partial charge in [0.25, 0.3) is 0 Å². The maximum absolute atomic E-state index is 11.7. The lowest BCUT2D eigenvalue weighted by Crippen LogP contribution is -2.36. The molecule has 0 aromatic carbocycles. The summed E-state index contributed by atoms with van der Waals surface area (Å²) in [4.78, 5) is 13.1. The zero-order valence-corrected chi connectivity index (χ0v) is 8.47. The molecule has 1 aliphatic heterocycles. The fourth-order valence-electron chi connectivity index (χ4n) is 1.10. The summed E-state index contributed by atoms with van der Waals surface area (Å²) in [6.45, 7) is 7.52. The molecule has 1 aliphatic rings. The van der Waals surface area contributed by atoms with Crippen molar-refractivity contribution in [3.05, 3.63) is 12.7 Å². The van der Waals surface area contributed by atoms with E-state index in [2.05, 4.69) is 11.7 Å². The van der Waals surface area contributed by atoms with Crippen LogP contribution in [0.3, 0.4) is 0 Å². The molecule has 0 unspecified atom stereocenters. The van der Waals surface area contributed by atoms with Crippen molar-refractivity contribution < 1.29 is 10.0 Å². The summed E-state index contributed by atoms with van der Waals surface area (Å²) < 4.78 is -0.537. The summed E-state index contributed by atoms with van der Waals surface area (Å²) in [5.74, 6) is -0.0507. The Labute approximate surface area is 81.3 Å². The van der Waals surface area contributed by atoms with Crippen LogP contribution < -0.4 is 0 Å². The molecule has 72 valence electrons. The Morgan fingerprint density at radius 3 is 2.85 bits per heavy atom. The SMILES string of the molecule is C=CCN1C(=O)C(C)(C)SC1=NO. The highest BCUT2D eigenvalue weighted by Gasteiger charge is 2.44. The molecule has 0 bridgehead atoms. The number of oxime groups is 1. The predicted octanol–water partition coefficient (Wildman–Crippen LogP) is 1.27. The molecule has 1 amide bonds. The first-order chi connectivity index (χ1) is 6.03. The Bertz CT molecular complexity index is 273. The van der Waals surface area contributed by atoms with Crippen molar-refractivity contribution in [3.8, 4) is 0 Å². The molecule has 0 spiro atoms. The van der Waals surface area contributed by atoms with Crippen LogP contribution in [-0.2, 0) is 4.79 Å². The van der Waals surface area contributed by atoms with Crippen LogP contribution in [0.15, 0.2) is 17.8 Å². The minimum absolute atomic E-state index is 0.0507. The molecule has 0 aliphatic carbocycles. The van der Waals surface area contributed by atoms with E-state index >= 15 is 0 Å². The average Bonchev–Trinajstić information content (AvgIpc) is 2.29. The highest BCUT2D eigenvalue weighted by Crippen LogP contribution is 2.36. The third kappa shape index (κ3) is 1.70. The highest BCUT2D eigenvalue weighted by atomic mass is 32.2. The van der Waals surface area contributed by atoms with Crippen molar-refractivity contribution in [3.63, 3.8) is 0 Å². The number of carbonyl (C=O) groups excluding carboxylic acids is 1. The van der Waals surface area contributed by atoms with Gasteiger partial charge in [-0.2, -0.15) is 0 Å². The van der Waals surface area contributed by atoms with Gasteiger partial charge in [0.1, 0.15) is 0 Å². The number of thioether (sulfide) groups is 1. The van der Waals surface area contributed by atoms with Crippen LogP contribution in [0.25, 0.3) is 0 Å². The third-order valence-corrected chi connectivity index (χ3v) is 2.90. The van der Waals surface area contributed by atoms with Gasteiger partial charge in [0.05, 0.1) is 4.75 Å². The number of amidine groups is 1. The molecule has 0 saturated carbocycles. The second-order valence-electron chi connectivity index (χ2n) is 3.20. The molecule has 1 fully saturated rings. The largest absolute Gasteiger partial charge is 0.409 e. The quantitative estimate of drug-likeness (QED) is 0.415. The zero-order valence-electron chi connectivity index (χ0n) is 7.65. The molecule has 1 heterocycles. The van der Waals surface area contributed by atoms with Crippen LogP contribution >= 0.6 is 11.8 Å². The van der Waals surface area contributed by atoms with Crippen molar-refractivity contribution >= 4 is 22.8 Å². The predicted molar refractivity (Wildman–Crippen MR) is 52.8 cm³/mol. The van der Waals surface area contributed by atoms with E-state index in [0.29, 0.717) is 11.7 Å². The van der Waals surface area contributed by atoms with E-state index < -0.39 is 4.75 Å². The number of hydrogen-bond donors (Lipinski definition) is 1. The van der Waals surface area contributed by atoms with E-state index in [1.165, 1.54) is 16.7 Å². The Morgan fingerprint density at radius 2 is 2.38 bits per heavy atom. The van der Waals surface area contributed by atoms with Gasteiger partial charge in [0.2, 0.25) is 11.1 Å². The normalized spacial score (nSPS) is 24.0. The number of rotatable bonds is 2. The summed E-state index contributed by atoms with van der Waals surface area (Å²) in [6.07, 6.45) is 1.60. The standard InChI is InChI=1S/C8H12N2O2S/c1-4-5-10-6(11)8(2,3)13-7(10)9-12/h4,12H,1,5H2,2-3H3. The molecule has 0 atom stereocenters. The van der Waals surface area contributed by atoms with E-state index in [9.17, 15) is 4.79 Å². The van der Waals surface area contributed by atoms with Gasteiger partial charge in [-0.3, -0.25) is 9.69 Å². The summed E-state index contributed by atoms with van der Waals surface area (Å²) in [5.41, 5.74) is 0. The molecule has 0 aromatic rings. The number of hydrogen-bond acceptors (Lipinski definition) is 4. The van der Waals surface area contributed by atoms with Crippen molar-refractivity contribution in [2.24, 2.45) is 5.16 Å². The molecule has 1 saturated heterocycles. The zero-order chi connectivity index (χ0) is 10.1. The lowest BCUT2D eigenvalue weighted by atomic mass is 10.2. The topological polar surface area (TPSA) is 52.9 Å². The molecule has 5 heteroatoms.